The van der Waals surface area contributed by atoms with E-state index in [9.17, 15) is 10.2 Å². The number of hydrogen-bond acceptors (Lipinski definition) is 3. The number of hydrogen-bond donors (Lipinski definition) is 2. The minimum Gasteiger partial charge on any atom is -0.413 e. The standard InChI is InChI=1S/C16H32O3Si/c1-11(2)20(12(3)4,13(5)6)19-16-9-14(17)7-8-15(18)10-16/h7-8,11-18H,9-10H2,1-6H3/t14-,15+,16?. The summed E-state index contributed by atoms with van der Waals surface area (Å²) in [6.07, 6.45) is 3.51. The van der Waals surface area contributed by atoms with E-state index in [0.717, 1.165) is 0 Å². The van der Waals surface area contributed by atoms with Crippen molar-refractivity contribution in [3.63, 3.8) is 0 Å². The van der Waals surface area contributed by atoms with Crippen molar-refractivity contribution in [3.8, 4) is 0 Å². The third kappa shape index (κ3) is 3.94. The van der Waals surface area contributed by atoms with Gasteiger partial charge in [0.25, 0.3) is 0 Å². The van der Waals surface area contributed by atoms with E-state index in [1.165, 1.54) is 0 Å². The molecule has 0 radical (unpaired) electrons. The van der Waals surface area contributed by atoms with E-state index < -0.39 is 20.5 Å². The Balaban J connectivity index is 2.95. The van der Waals surface area contributed by atoms with E-state index in [1.54, 1.807) is 12.2 Å². The van der Waals surface area contributed by atoms with Gasteiger partial charge in [0.1, 0.15) is 0 Å². The summed E-state index contributed by atoms with van der Waals surface area (Å²) in [5, 5.41) is 19.9. The molecule has 1 unspecified atom stereocenters. The monoisotopic (exact) mass is 300 g/mol. The molecule has 0 aromatic heterocycles. The normalized spacial score (nSPS) is 28.4. The van der Waals surface area contributed by atoms with Crippen LogP contribution in [0.15, 0.2) is 12.2 Å². The lowest BCUT2D eigenvalue weighted by Gasteiger charge is -2.45. The van der Waals surface area contributed by atoms with Crippen LogP contribution in [-0.4, -0.2) is 36.8 Å². The van der Waals surface area contributed by atoms with Crippen molar-refractivity contribution < 1.29 is 14.6 Å². The molecule has 0 bridgehead atoms. The van der Waals surface area contributed by atoms with Gasteiger partial charge in [0.15, 0.2) is 0 Å². The molecule has 0 saturated carbocycles. The van der Waals surface area contributed by atoms with Crippen LogP contribution in [0.4, 0.5) is 0 Å². The van der Waals surface area contributed by atoms with Crippen molar-refractivity contribution in [3.05, 3.63) is 12.2 Å². The minimum atomic E-state index is -1.95. The maximum Gasteiger partial charge on any atom is 0.200 e. The second-order valence-corrected chi connectivity index (χ2v) is 12.5. The second-order valence-electron chi connectivity index (χ2n) is 7.05. The van der Waals surface area contributed by atoms with Gasteiger partial charge < -0.3 is 14.6 Å². The van der Waals surface area contributed by atoms with Crippen LogP contribution in [0.2, 0.25) is 16.6 Å². The average molecular weight is 301 g/mol. The van der Waals surface area contributed by atoms with Crippen LogP contribution in [0.3, 0.4) is 0 Å². The molecule has 1 aliphatic rings. The quantitative estimate of drug-likeness (QED) is 0.602. The second kappa shape index (κ2) is 7.21. The van der Waals surface area contributed by atoms with Crippen molar-refractivity contribution >= 4 is 8.32 Å². The first-order valence-corrected chi connectivity index (χ1v) is 10.1. The molecule has 0 amide bonds. The number of aliphatic hydroxyl groups is 2. The molecule has 0 spiro atoms. The van der Waals surface area contributed by atoms with Crippen LogP contribution in [0.1, 0.15) is 54.4 Å². The molecule has 3 nitrogen and oxygen atoms in total. The first-order chi connectivity index (χ1) is 9.20. The summed E-state index contributed by atoms with van der Waals surface area (Å²) in [6, 6.07) is 0. The summed E-state index contributed by atoms with van der Waals surface area (Å²) in [7, 11) is -1.95. The maximum atomic E-state index is 9.93. The molecule has 118 valence electrons. The lowest BCUT2D eigenvalue weighted by atomic mass is 10.1. The molecule has 1 rings (SSSR count). The molecule has 1 aliphatic carbocycles. The van der Waals surface area contributed by atoms with Crippen LogP contribution in [-0.2, 0) is 4.43 Å². The highest BCUT2D eigenvalue weighted by Gasteiger charge is 2.46. The number of rotatable bonds is 5. The van der Waals surface area contributed by atoms with Crippen molar-refractivity contribution in [2.75, 3.05) is 0 Å². The van der Waals surface area contributed by atoms with Gasteiger partial charge in [-0.15, -0.1) is 0 Å². The Morgan fingerprint density at radius 1 is 0.850 bits per heavy atom. The zero-order valence-electron chi connectivity index (χ0n) is 13.8. The van der Waals surface area contributed by atoms with Crippen LogP contribution in [0.5, 0.6) is 0 Å². The van der Waals surface area contributed by atoms with E-state index in [4.69, 9.17) is 4.43 Å². The first kappa shape index (κ1) is 17.9. The molecule has 20 heavy (non-hydrogen) atoms. The van der Waals surface area contributed by atoms with Gasteiger partial charge in [0.05, 0.1) is 18.3 Å². The predicted octanol–water partition coefficient (Wildman–Crippen LogP) is 3.62. The summed E-state index contributed by atoms with van der Waals surface area (Å²) in [6.45, 7) is 13.5. The summed E-state index contributed by atoms with van der Waals surface area (Å²) >= 11 is 0. The van der Waals surface area contributed by atoms with Gasteiger partial charge in [-0.3, -0.25) is 0 Å². The predicted molar refractivity (Wildman–Crippen MR) is 86.3 cm³/mol. The van der Waals surface area contributed by atoms with E-state index in [1.807, 2.05) is 0 Å². The van der Waals surface area contributed by atoms with E-state index in [2.05, 4.69) is 41.5 Å². The highest BCUT2D eigenvalue weighted by atomic mass is 28.4. The van der Waals surface area contributed by atoms with Crippen LogP contribution in [0.25, 0.3) is 0 Å². The Labute approximate surface area is 125 Å². The van der Waals surface area contributed by atoms with Crippen LogP contribution in [0, 0.1) is 0 Å². The summed E-state index contributed by atoms with van der Waals surface area (Å²) in [5.41, 5.74) is 1.56. The lowest BCUT2D eigenvalue weighted by Crippen LogP contribution is -2.50. The third-order valence-electron chi connectivity index (χ3n) is 4.64. The zero-order valence-corrected chi connectivity index (χ0v) is 14.8. The first-order valence-electron chi connectivity index (χ1n) is 7.92. The third-order valence-corrected chi connectivity index (χ3v) is 10.8. The van der Waals surface area contributed by atoms with Gasteiger partial charge in [-0.25, -0.2) is 0 Å². The van der Waals surface area contributed by atoms with E-state index in [0.29, 0.717) is 29.5 Å². The molecule has 0 aliphatic heterocycles. The fourth-order valence-corrected chi connectivity index (χ4v) is 9.43. The Hall–Kier alpha value is -0.163. The minimum absolute atomic E-state index is 0.0473. The Morgan fingerprint density at radius 3 is 1.50 bits per heavy atom. The highest BCUT2D eigenvalue weighted by Crippen LogP contribution is 2.44. The largest absolute Gasteiger partial charge is 0.413 e. The van der Waals surface area contributed by atoms with Gasteiger partial charge in [0, 0.05) is 12.8 Å². The van der Waals surface area contributed by atoms with Crippen molar-refractivity contribution in [1.82, 2.24) is 0 Å². The van der Waals surface area contributed by atoms with Gasteiger partial charge in [-0.1, -0.05) is 53.7 Å². The molecule has 0 heterocycles. The van der Waals surface area contributed by atoms with E-state index in [-0.39, 0.29) is 6.10 Å². The van der Waals surface area contributed by atoms with Crippen molar-refractivity contribution in [2.24, 2.45) is 0 Å². The number of aliphatic hydroxyl groups excluding tert-OH is 2. The topological polar surface area (TPSA) is 49.7 Å². The molecule has 0 fully saturated rings. The Kier molecular flexibility index (Phi) is 6.45. The molecule has 3 atom stereocenters. The summed E-state index contributed by atoms with van der Waals surface area (Å²) < 4.78 is 6.66. The molecule has 0 saturated heterocycles. The van der Waals surface area contributed by atoms with Gasteiger partial charge in [0.2, 0.25) is 8.32 Å². The molecule has 0 aromatic rings. The van der Waals surface area contributed by atoms with E-state index >= 15 is 0 Å². The molecular formula is C16H32O3Si. The lowest BCUT2D eigenvalue weighted by molar-refractivity contribution is 0.0780. The van der Waals surface area contributed by atoms with Gasteiger partial charge in [-0.05, 0) is 16.6 Å². The van der Waals surface area contributed by atoms with Crippen LogP contribution < -0.4 is 0 Å². The Bertz CT molecular complexity index is 290. The maximum absolute atomic E-state index is 9.93. The highest BCUT2D eigenvalue weighted by molar-refractivity contribution is 6.77. The molecule has 4 heteroatoms. The van der Waals surface area contributed by atoms with Gasteiger partial charge in [-0.2, -0.15) is 0 Å². The SMILES string of the molecule is CC(C)[Si](OC1C[C@H](O)C=C[C@H](O)C1)(C(C)C)C(C)C. The smallest absolute Gasteiger partial charge is 0.200 e. The van der Waals surface area contributed by atoms with Crippen LogP contribution >= 0.6 is 0 Å². The molecule has 0 aromatic carbocycles. The summed E-state index contributed by atoms with van der Waals surface area (Å²) in [5.74, 6) is 0. The van der Waals surface area contributed by atoms with Gasteiger partial charge >= 0.3 is 0 Å². The fourth-order valence-electron chi connectivity index (χ4n) is 3.84. The zero-order chi connectivity index (χ0) is 15.5. The van der Waals surface area contributed by atoms with Crippen molar-refractivity contribution in [1.29, 1.82) is 0 Å². The average Bonchev–Trinajstić information content (AvgIpc) is 2.46. The van der Waals surface area contributed by atoms with Crippen molar-refractivity contribution in [2.45, 2.75) is 89.3 Å². The summed E-state index contributed by atoms with van der Waals surface area (Å²) in [4.78, 5) is 0. The molecule has 2 N–H and O–H groups in total. The Morgan fingerprint density at radius 2 is 1.20 bits per heavy atom. The molecular weight excluding hydrogens is 268 g/mol. The fraction of sp³-hybridized carbons (Fsp3) is 0.875.